The van der Waals surface area contributed by atoms with E-state index in [1.807, 2.05) is 0 Å². The summed E-state index contributed by atoms with van der Waals surface area (Å²) in [5.41, 5.74) is 5.53. The first-order chi connectivity index (χ1) is 6.15. The third kappa shape index (κ3) is 2.67. The van der Waals surface area contributed by atoms with Gasteiger partial charge in [0.25, 0.3) is 5.91 Å². The summed E-state index contributed by atoms with van der Waals surface area (Å²) in [6.07, 6.45) is 1.07. The second kappa shape index (κ2) is 4.58. The summed E-state index contributed by atoms with van der Waals surface area (Å²) in [6, 6.07) is 0. The minimum absolute atomic E-state index is 0.157. The molecule has 0 aliphatic carbocycles. The number of hydrogen-bond donors (Lipinski definition) is 2. The summed E-state index contributed by atoms with van der Waals surface area (Å²) in [4.78, 5) is 13.1. The van der Waals surface area contributed by atoms with E-state index < -0.39 is 6.10 Å². The molecule has 1 unspecified atom stereocenters. The fourth-order valence-electron chi connectivity index (χ4n) is 1.65. The number of rotatable bonds is 2. The van der Waals surface area contributed by atoms with Crippen LogP contribution in [0.2, 0.25) is 0 Å². The highest BCUT2D eigenvalue weighted by atomic mass is 16.3. The average molecular weight is 186 g/mol. The first-order valence-corrected chi connectivity index (χ1v) is 4.82. The zero-order valence-electron chi connectivity index (χ0n) is 8.07. The van der Waals surface area contributed by atoms with Gasteiger partial charge in [0.2, 0.25) is 0 Å². The van der Waals surface area contributed by atoms with Gasteiger partial charge in [0.15, 0.2) is 0 Å². The number of aliphatic hydroxyl groups is 1. The van der Waals surface area contributed by atoms with E-state index in [0.29, 0.717) is 12.5 Å². The Balaban J connectivity index is 2.36. The normalized spacial score (nSPS) is 21.6. The molecule has 0 radical (unpaired) electrons. The van der Waals surface area contributed by atoms with Gasteiger partial charge in [0, 0.05) is 13.1 Å². The van der Waals surface area contributed by atoms with Gasteiger partial charge in [0.05, 0.1) is 0 Å². The van der Waals surface area contributed by atoms with E-state index in [1.54, 1.807) is 4.90 Å². The van der Waals surface area contributed by atoms with Crippen LogP contribution in [0.15, 0.2) is 0 Å². The molecule has 1 atom stereocenters. The Morgan fingerprint density at radius 1 is 1.62 bits per heavy atom. The van der Waals surface area contributed by atoms with E-state index in [0.717, 1.165) is 25.9 Å². The molecule has 0 spiro atoms. The van der Waals surface area contributed by atoms with Crippen LogP contribution in [0, 0.1) is 5.92 Å². The lowest BCUT2D eigenvalue weighted by molar-refractivity contribution is -0.140. The second-order valence-corrected chi connectivity index (χ2v) is 3.68. The molecule has 4 heteroatoms. The molecule has 1 aliphatic rings. The highest BCUT2D eigenvalue weighted by Crippen LogP contribution is 2.16. The van der Waals surface area contributed by atoms with Crippen molar-refractivity contribution in [2.24, 2.45) is 11.7 Å². The molecule has 1 amide bonds. The Kier molecular flexibility index (Phi) is 3.69. The maximum atomic E-state index is 11.3. The van der Waals surface area contributed by atoms with Crippen LogP contribution < -0.4 is 5.73 Å². The van der Waals surface area contributed by atoms with Crippen molar-refractivity contribution in [3.8, 4) is 0 Å². The van der Waals surface area contributed by atoms with E-state index in [1.165, 1.54) is 6.92 Å². The van der Waals surface area contributed by atoms with Gasteiger partial charge in [-0.25, -0.2) is 0 Å². The Hall–Kier alpha value is -0.610. The van der Waals surface area contributed by atoms with Crippen molar-refractivity contribution in [2.75, 3.05) is 19.6 Å². The molecule has 1 aliphatic heterocycles. The van der Waals surface area contributed by atoms with Gasteiger partial charge in [-0.15, -0.1) is 0 Å². The zero-order valence-corrected chi connectivity index (χ0v) is 8.07. The van der Waals surface area contributed by atoms with Crippen molar-refractivity contribution >= 4 is 5.91 Å². The van der Waals surface area contributed by atoms with Gasteiger partial charge in [-0.3, -0.25) is 4.79 Å². The van der Waals surface area contributed by atoms with Crippen LogP contribution in [0.25, 0.3) is 0 Å². The standard InChI is InChI=1S/C9H18N2O2/c1-7(12)9(13)11-4-2-8(6-10)3-5-11/h7-8,12H,2-6,10H2,1H3. The van der Waals surface area contributed by atoms with Crippen molar-refractivity contribution in [2.45, 2.75) is 25.9 Å². The van der Waals surface area contributed by atoms with E-state index in [9.17, 15) is 4.79 Å². The fourth-order valence-corrected chi connectivity index (χ4v) is 1.65. The molecule has 3 N–H and O–H groups in total. The van der Waals surface area contributed by atoms with Gasteiger partial charge in [-0.2, -0.15) is 0 Å². The SMILES string of the molecule is CC(O)C(=O)N1CCC(CN)CC1. The Morgan fingerprint density at radius 2 is 2.15 bits per heavy atom. The van der Waals surface area contributed by atoms with Crippen molar-refractivity contribution < 1.29 is 9.90 Å². The molecule has 13 heavy (non-hydrogen) atoms. The minimum atomic E-state index is -0.866. The number of carbonyl (C=O) groups is 1. The van der Waals surface area contributed by atoms with Crippen LogP contribution in [0.5, 0.6) is 0 Å². The second-order valence-electron chi connectivity index (χ2n) is 3.68. The Bertz CT molecular complexity index is 174. The van der Waals surface area contributed by atoms with Crippen LogP contribution in [-0.4, -0.2) is 41.7 Å². The van der Waals surface area contributed by atoms with E-state index >= 15 is 0 Å². The molecule has 1 heterocycles. The molecule has 0 aromatic heterocycles. The summed E-state index contributed by atoms with van der Waals surface area (Å²) < 4.78 is 0. The van der Waals surface area contributed by atoms with Crippen LogP contribution in [-0.2, 0) is 4.79 Å². The Labute approximate surface area is 78.7 Å². The monoisotopic (exact) mass is 186 g/mol. The lowest BCUT2D eigenvalue weighted by Gasteiger charge is -2.32. The molecule has 1 saturated heterocycles. The number of nitrogens with zero attached hydrogens (tertiary/aromatic N) is 1. The highest BCUT2D eigenvalue weighted by molar-refractivity contribution is 5.80. The van der Waals surface area contributed by atoms with Crippen LogP contribution in [0.3, 0.4) is 0 Å². The van der Waals surface area contributed by atoms with Crippen molar-refractivity contribution in [3.63, 3.8) is 0 Å². The number of carbonyl (C=O) groups excluding carboxylic acids is 1. The molecule has 0 saturated carbocycles. The Morgan fingerprint density at radius 3 is 2.54 bits per heavy atom. The first-order valence-electron chi connectivity index (χ1n) is 4.82. The number of amides is 1. The van der Waals surface area contributed by atoms with Gasteiger partial charge >= 0.3 is 0 Å². The molecule has 0 aromatic rings. The minimum Gasteiger partial charge on any atom is -0.384 e. The number of piperidine rings is 1. The number of likely N-dealkylation sites (tertiary alicyclic amines) is 1. The molecule has 76 valence electrons. The molecule has 1 rings (SSSR count). The van der Waals surface area contributed by atoms with E-state index in [-0.39, 0.29) is 5.91 Å². The smallest absolute Gasteiger partial charge is 0.251 e. The van der Waals surface area contributed by atoms with Crippen LogP contribution in [0.1, 0.15) is 19.8 Å². The lowest BCUT2D eigenvalue weighted by Crippen LogP contribution is -2.43. The molecule has 1 fully saturated rings. The largest absolute Gasteiger partial charge is 0.384 e. The molecular weight excluding hydrogens is 168 g/mol. The van der Waals surface area contributed by atoms with E-state index in [2.05, 4.69) is 0 Å². The zero-order chi connectivity index (χ0) is 9.84. The number of aliphatic hydroxyl groups excluding tert-OH is 1. The van der Waals surface area contributed by atoms with Gasteiger partial charge in [-0.1, -0.05) is 0 Å². The highest BCUT2D eigenvalue weighted by Gasteiger charge is 2.23. The predicted octanol–water partition coefficient (Wildman–Crippen LogP) is -0.435. The fraction of sp³-hybridized carbons (Fsp3) is 0.889. The van der Waals surface area contributed by atoms with Crippen LogP contribution in [0.4, 0.5) is 0 Å². The van der Waals surface area contributed by atoms with Crippen molar-refractivity contribution in [1.82, 2.24) is 4.90 Å². The summed E-state index contributed by atoms with van der Waals surface area (Å²) in [7, 11) is 0. The lowest BCUT2D eigenvalue weighted by atomic mass is 9.97. The molecule has 0 aromatic carbocycles. The number of nitrogens with two attached hydrogens (primary N) is 1. The van der Waals surface area contributed by atoms with E-state index in [4.69, 9.17) is 10.8 Å². The molecule has 0 bridgehead atoms. The topological polar surface area (TPSA) is 66.6 Å². The quantitative estimate of drug-likeness (QED) is 0.614. The maximum Gasteiger partial charge on any atom is 0.251 e. The summed E-state index contributed by atoms with van der Waals surface area (Å²) in [5.74, 6) is 0.397. The third-order valence-corrected chi connectivity index (χ3v) is 2.62. The van der Waals surface area contributed by atoms with Crippen molar-refractivity contribution in [3.05, 3.63) is 0 Å². The van der Waals surface area contributed by atoms with Gasteiger partial charge in [-0.05, 0) is 32.2 Å². The third-order valence-electron chi connectivity index (χ3n) is 2.62. The summed E-state index contributed by atoms with van der Waals surface area (Å²) in [6.45, 7) is 3.70. The average Bonchev–Trinajstić information content (AvgIpc) is 2.17. The number of hydrogen-bond acceptors (Lipinski definition) is 3. The summed E-state index contributed by atoms with van der Waals surface area (Å²) >= 11 is 0. The molecular formula is C9H18N2O2. The van der Waals surface area contributed by atoms with Gasteiger partial charge in [0.1, 0.15) is 6.10 Å². The van der Waals surface area contributed by atoms with Gasteiger partial charge < -0.3 is 15.7 Å². The predicted molar refractivity (Wildman–Crippen MR) is 50.0 cm³/mol. The summed E-state index contributed by atoms with van der Waals surface area (Å²) in [5, 5.41) is 9.08. The molecule has 4 nitrogen and oxygen atoms in total. The first kappa shape index (κ1) is 10.5. The maximum absolute atomic E-state index is 11.3. The van der Waals surface area contributed by atoms with Crippen molar-refractivity contribution in [1.29, 1.82) is 0 Å². The van der Waals surface area contributed by atoms with Crippen LogP contribution >= 0.6 is 0 Å².